The molecule has 0 aromatic heterocycles. The van der Waals surface area contributed by atoms with Gasteiger partial charge in [-0.15, -0.1) is 0 Å². The molecular weight excluding hydrogens is 222 g/mol. The van der Waals surface area contributed by atoms with Crippen molar-refractivity contribution in [3.05, 3.63) is 34.7 Å². The highest BCUT2D eigenvalue weighted by molar-refractivity contribution is 5.71. The van der Waals surface area contributed by atoms with Crippen LogP contribution in [0.25, 0.3) is 0 Å². The van der Waals surface area contributed by atoms with Crippen LogP contribution in [0.1, 0.15) is 5.56 Å². The molecule has 0 saturated carbocycles. The van der Waals surface area contributed by atoms with Crippen molar-refractivity contribution in [2.45, 2.75) is 0 Å². The lowest BCUT2D eigenvalue weighted by molar-refractivity contribution is -0.384. The van der Waals surface area contributed by atoms with E-state index in [1.807, 2.05) is 0 Å². The highest BCUT2D eigenvalue weighted by atomic mass is 16.6. The standard InChI is InChI=1S/C11H14N3O3/c1-8-6-9(13-2-4-17-5-3-13)7-10(12)11(8)14(15)16/h6-7H,1-5,12H2. The summed E-state index contributed by atoms with van der Waals surface area (Å²) in [5.74, 6) is 0. The number of nitrogens with zero attached hydrogens (tertiary/aromatic N) is 2. The third kappa shape index (κ3) is 2.31. The quantitative estimate of drug-likeness (QED) is 0.474. The summed E-state index contributed by atoms with van der Waals surface area (Å²) in [6.45, 7) is 6.51. The Morgan fingerprint density at radius 1 is 1.41 bits per heavy atom. The van der Waals surface area contributed by atoms with Gasteiger partial charge in [-0.3, -0.25) is 10.1 Å². The van der Waals surface area contributed by atoms with E-state index in [0.29, 0.717) is 18.8 Å². The average Bonchev–Trinajstić information content (AvgIpc) is 2.28. The number of nitro groups is 1. The summed E-state index contributed by atoms with van der Waals surface area (Å²) in [7, 11) is 0. The van der Waals surface area contributed by atoms with Crippen LogP contribution in [0.2, 0.25) is 0 Å². The van der Waals surface area contributed by atoms with Gasteiger partial charge >= 0.3 is 0 Å². The zero-order valence-corrected chi connectivity index (χ0v) is 9.39. The molecule has 91 valence electrons. The zero-order chi connectivity index (χ0) is 12.4. The molecule has 1 radical (unpaired) electrons. The topological polar surface area (TPSA) is 81.6 Å². The summed E-state index contributed by atoms with van der Waals surface area (Å²) >= 11 is 0. The minimum absolute atomic E-state index is 0.109. The van der Waals surface area contributed by atoms with Gasteiger partial charge in [0, 0.05) is 24.3 Å². The Kier molecular flexibility index (Phi) is 3.14. The van der Waals surface area contributed by atoms with Crippen molar-refractivity contribution < 1.29 is 9.66 Å². The fourth-order valence-corrected chi connectivity index (χ4v) is 1.93. The molecule has 17 heavy (non-hydrogen) atoms. The predicted molar refractivity (Wildman–Crippen MR) is 65.0 cm³/mol. The second-order valence-electron chi connectivity index (χ2n) is 3.90. The van der Waals surface area contributed by atoms with Gasteiger partial charge in [-0.05, 0) is 19.1 Å². The Bertz CT molecular complexity index is 419. The van der Waals surface area contributed by atoms with Crippen LogP contribution in [0.5, 0.6) is 0 Å². The van der Waals surface area contributed by atoms with E-state index in [1.54, 1.807) is 12.1 Å². The Morgan fingerprint density at radius 3 is 2.59 bits per heavy atom. The fraction of sp³-hybridized carbons (Fsp3) is 0.364. The lowest BCUT2D eigenvalue weighted by atomic mass is 10.1. The molecule has 0 aliphatic carbocycles. The number of hydrogen-bond acceptors (Lipinski definition) is 5. The number of rotatable bonds is 2. The van der Waals surface area contributed by atoms with Crippen molar-refractivity contribution in [3.63, 3.8) is 0 Å². The van der Waals surface area contributed by atoms with Gasteiger partial charge in [-0.2, -0.15) is 0 Å². The Hall–Kier alpha value is -1.82. The van der Waals surface area contributed by atoms with Crippen LogP contribution in [0.15, 0.2) is 12.1 Å². The Balaban J connectivity index is 2.34. The summed E-state index contributed by atoms with van der Waals surface area (Å²) in [4.78, 5) is 12.4. The summed E-state index contributed by atoms with van der Waals surface area (Å²) in [5.41, 5.74) is 6.94. The number of nitrogens with two attached hydrogens (primary N) is 1. The first kappa shape index (κ1) is 11.7. The fourth-order valence-electron chi connectivity index (χ4n) is 1.93. The normalized spacial score (nSPS) is 15.9. The number of nitro benzene ring substituents is 1. The van der Waals surface area contributed by atoms with Crippen LogP contribution in [-0.4, -0.2) is 31.2 Å². The lowest BCUT2D eigenvalue weighted by Gasteiger charge is -2.29. The van der Waals surface area contributed by atoms with Gasteiger partial charge in [0.25, 0.3) is 5.69 Å². The van der Waals surface area contributed by atoms with E-state index < -0.39 is 4.92 Å². The summed E-state index contributed by atoms with van der Waals surface area (Å²) in [6.07, 6.45) is 0. The van der Waals surface area contributed by atoms with Crippen molar-refractivity contribution in [1.82, 2.24) is 0 Å². The molecule has 1 aliphatic heterocycles. The van der Waals surface area contributed by atoms with Crippen LogP contribution >= 0.6 is 0 Å². The molecule has 1 fully saturated rings. The van der Waals surface area contributed by atoms with Gasteiger partial charge in [0.05, 0.1) is 18.1 Å². The van der Waals surface area contributed by atoms with Crippen LogP contribution in [0, 0.1) is 17.0 Å². The molecule has 0 spiro atoms. The minimum Gasteiger partial charge on any atom is -0.393 e. The van der Waals surface area contributed by atoms with Gasteiger partial charge < -0.3 is 15.4 Å². The van der Waals surface area contributed by atoms with Gasteiger partial charge in [-0.25, -0.2) is 0 Å². The van der Waals surface area contributed by atoms with E-state index in [0.717, 1.165) is 18.8 Å². The maximum atomic E-state index is 10.8. The maximum absolute atomic E-state index is 10.8. The van der Waals surface area contributed by atoms with Crippen LogP contribution < -0.4 is 10.6 Å². The third-order valence-corrected chi connectivity index (χ3v) is 2.76. The van der Waals surface area contributed by atoms with Gasteiger partial charge in [0.2, 0.25) is 0 Å². The first-order valence-corrected chi connectivity index (χ1v) is 5.32. The first-order valence-electron chi connectivity index (χ1n) is 5.32. The molecule has 6 nitrogen and oxygen atoms in total. The molecule has 2 N–H and O–H groups in total. The Labute approximate surface area is 99.1 Å². The highest BCUT2D eigenvalue weighted by Gasteiger charge is 2.19. The molecule has 1 heterocycles. The molecule has 1 aliphatic rings. The average molecular weight is 236 g/mol. The monoisotopic (exact) mass is 236 g/mol. The molecule has 0 bridgehead atoms. The smallest absolute Gasteiger partial charge is 0.295 e. The maximum Gasteiger partial charge on any atom is 0.295 e. The molecule has 0 unspecified atom stereocenters. The van der Waals surface area contributed by atoms with E-state index in [9.17, 15) is 10.1 Å². The first-order chi connectivity index (χ1) is 8.09. The molecule has 1 aromatic carbocycles. The molecule has 6 heteroatoms. The number of ether oxygens (including phenoxy) is 1. The molecule has 0 amide bonds. The second kappa shape index (κ2) is 4.58. The van der Waals surface area contributed by atoms with Crippen LogP contribution in [-0.2, 0) is 4.74 Å². The van der Waals surface area contributed by atoms with Crippen molar-refractivity contribution in [2.75, 3.05) is 36.9 Å². The van der Waals surface area contributed by atoms with Crippen molar-refractivity contribution in [1.29, 1.82) is 0 Å². The van der Waals surface area contributed by atoms with E-state index in [-0.39, 0.29) is 11.4 Å². The summed E-state index contributed by atoms with van der Waals surface area (Å²) in [6, 6.07) is 3.32. The number of nitrogen functional groups attached to an aromatic ring is 1. The number of morpholine rings is 1. The van der Waals surface area contributed by atoms with Crippen molar-refractivity contribution >= 4 is 17.1 Å². The van der Waals surface area contributed by atoms with Crippen LogP contribution in [0.3, 0.4) is 0 Å². The lowest BCUT2D eigenvalue weighted by Crippen LogP contribution is -2.36. The molecule has 1 aromatic rings. The Morgan fingerprint density at radius 2 is 2.06 bits per heavy atom. The van der Waals surface area contributed by atoms with E-state index in [2.05, 4.69) is 11.8 Å². The van der Waals surface area contributed by atoms with E-state index >= 15 is 0 Å². The number of hydrogen-bond donors (Lipinski definition) is 1. The zero-order valence-electron chi connectivity index (χ0n) is 9.39. The largest absolute Gasteiger partial charge is 0.393 e. The SMILES string of the molecule is [CH2]c1cc(N2CCOCC2)cc(N)c1[N+](=O)[O-]. The third-order valence-electron chi connectivity index (χ3n) is 2.76. The van der Waals surface area contributed by atoms with Gasteiger partial charge in [-0.1, -0.05) is 0 Å². The highest BCUT2D eigenvalue weighted by Crippen LogP contribution is 2.31. The molecular formula is C11H14N3O3. The van der Waals surface area contributed by atoms with E-state index in [1.165, 1.54) is 0 Å². The summed E-state index contributed by atoms with van der Waals surface area (Å²) in [5, 5.41) is 10.8. The van der Waals surface area contributed by atoms with Crippen molar-refractivity contribution in [3.8, 4) is 0 Å². The molecule has 2 rings (SSSR count). The van der Waals surface area contributed by atoms with E-state index in [4.69, 9.17) is 10.5 Å². The molecule has 1 saturated heterocycles. The van der Waals surface area contributed by atoms with Gasteiger partial charge in [0.15, 0.2) is 0 Å². The predicted octanol–water partition coefficient (Wildman–Crippen LogP) is 1.20. The molecule has 0 atom stereocenters. The van der Waals surface area contributed by atoms with Crippen LogP contribution in [0.4, 0.5) is 17.1 Å². The minimum atomic E-state index is -0.499. The summed E-state index contributed by atoms with van der Waals surface area (Å²) < 4.78 is 5.25. The van der Waals surface area contributed by atoms with Gasteiger partial charge in [0.1, 0.15) is 5.69 Å². The second-order valence-corrected chi connectivity index (χ2v) is 3.90. The van der Waals surface area contributed by atoms with Crippen molar-refractivity contribution in [2.24, 2.45) is 0 Å². The number of benzene rings is 1. The number of anilines is 2.